The number of fused-ring (bicyclic) bond motifs is 1. The molecule has 1 aromatic heterocycles. The summed E-state index contributed by atoms with van der Waals surface area (Å²) >= 11 is 0. The maximum Gasteiger partial charge on any atom is 0.130 e. The third-order valence-electron chi connectivity index (χ3n) is 3.74. The second kappa shape index (κ2) is 4.87. The standard InChI is InChI=1S/C15H16N4/c1-17-12-6-7-19(10-12)15-8-11(9-16)13-4-2-3-5-14(13)18-15/h2-5,8,12,17H,6-7,10H2,1H3. The SMILES string of the molecule is CNC1CCN(c2cc(C#N)c3ccccc3n2)C1. The highest BCUT2D eigenvalue weighted by Crippen LogP contribution is 2.24. The molecule has 1 N–H and O–H groups in total. The molecule has 1 aliphatic heterocycles. The molecule has 3 rings (SSSR count). The lowest BCUT2D eigenvalue weighted by Gasteiger charge is -2.18. The van der Waals surface area contributed by atoms with E-state index in [0.29, 0.717) is 11.6 Å². The Morgan fingerprint density at radius 3 is 3.00 bits per heavy atom. The van der Waals surface area contributed by atoms with E-state index in [-0.39, 0.29) is 0 Å². The van der Waals surface area contributed by atoms with Crippen LogP contribution in [0.3, 0.4) is 0 Å². The van der Waals surface area contributed by atoms with Gasteiger partial charge >= 0.3 is 0 Å². The molecule has 1 fully saturated rings. The Bertz CT molecular complexity index is 644. The Morgan fingerprint density at radius 2 is 2.26 bits per heavy atom. The number of aromatic nitrogens is 1. The van der Waals surface area contributed by atoms with Crippen LogP contribution in [0.1, 0.15) is 12.0 Å². The van der Waals surface area contributed by atoms with Crippen molar-refractivity contribution in [3.8, 4) is 6.07 Å². The van der Waals surface area contributed by atoms with Crippen molar-refractivity contribution >= 4 is 16.7 Å². The highest BCUT2D eigenvalue weighted by Gasteiger charge is 2.22. The number of hydrogen-bond acceptors (Lipinski definition) is 4. The maximum atomic E-state index is 9.29. The van der Waals surface area contributed by atoms with E-state index in [4.69, 9.17) is 0 Å². The number of benzene rings is 1. The van der Waals surface area contributed by atoms with E-state index in [2.05, 4.69) is 21.3 Å². The normalized spacial score (nSPS) is 18.7. The largest absolute Gasteiger partial charge is 0.355 e. The topological polar surface area (TPSA) is 52.0 Å². The van der Waals surface area contributed by atoms with Crippen molar-refractivity contribution in [2.75, 3.05) is 25.0 Å². The van der Waals surface area contributed by atoms with Gasteiger partial charge in [-0.3, -0.25) is 0 Å². The van der Waals surface area contributed by atoms with Gasteiger partial charge in [0.25, 0.3) is 0 Å². The average Bonchev–Trinajstić information content (AvgIpc) is 2.95. The van der Waals surface area contributed by atoms with Crippen molar-refractivity contribution in [3.63, 3.8) is 0 Å². The third kappa shape index (κ3) is 2.13. The van der Waals surface area contributed by atoms with Crippen molar-refractivity contribution in [1.82, 2.24) is 10.3 Å². The van der Waals surface area contributed by atoms with Crippen LogP contribution in [0.2, 0.25) is 0 Å². The summed E-state index contributed by atoms with van der Waals surface area (Å²) in [5.74, 6) is 0.910. The van der Waals surface area contributed by atoms with Gasteiger partial charge in [-0.25, -0.2) is 4.98 Å². The molecular weight excluding hydrogens is 236 g/mol. The van der Waals surface area contributed by atoms with Crippen LogP contribution in [0, 0.1) is 11.3 Å². The smallest absolute Gasteiger partial charge is 0.130 e. The van der Waals surface area contributed by atoms with Crippen LogP contribution >= 0.6 is 0 Å². The van der Waals surface area contributed by atoms with Gasteiger partial charge in [-0.2, -0.15) is 5.26 Å². The van der Waals surface area contributed by atoms with E-state index in [1.165, 1.54) is 0 Å². The zero-order valence-corrected chi connectivity index (χ0v) is 10.9. The van der Waals surface area contributed by atoms with Crippen LogP contribution in [0.5, 0.6) is 0 Å². The van der Waals surface area contributed by atoms with Crippen molar-refractivity contribution in [3.05, 3.63) is 35.9 Å². The maximum absolute atomic E-state index is 9.29. The number of nitrogens with one attached hydrogen (secondary N) is 1. The monoisotopic (exact) mass is 252 g/mol. The minimum Gasteiger partial charge on any atom is -0.355 e. The van der Waals surface area contributed by atoms with Gasteiger partial charge in [0.1, 0.15) is 5.82 Å². The summed E-state index contributed by atoms with van der Waals surface area (Å²) in [5, 5.41) is 13.5. The lowest BCUT2D eigenvalue weighted by atomic mass is 10.1. The number of anilines is 1. The molecule has 96 valence electrons. The lowest BCUT2D eigenvalue weighted by Crippen LogP contribution is -2.29. The quantitative estimate of drug-likeness (QED) is 0.887. The number of likely N-dealkylation sites (N-methyl/N-ethyl adjacent to an activating group) is 1. The predicted molar refractivity (Wildman–Crippen MR) is 76.1 cm³/mol. The Kier molecular flexibility index (Phi) is 3.06. The van der Waals surface area contributed by atoms with Crippen molar-refractivity contribution in [2.45, 2.75) is 12.5 Å². The summed E-state index contributed by atoms with van der Waals surface area (Å²) in [6, 6.07) is 12.5. The third-order valence-corrected chi connectivity index (χ3v) is 3.74. The molecular formula is C15H16N4. The fraction of sp³-hybridized carbons (Fsp3) is 0.333. The molecule has 0 amide bonds. The van der Waals surface area contributed by atoms with Gasteiger partial charge in [0.15, 0.2) is 0 Å². The first kappa shape index (κ1) is 11.9. The number of nitriles is 1. The first-order valence-corrected chi connectivity index (χ1v) is 6.54. The summed E-state index contributed by atoms with van der Waals surface area (Å²) in [6.45, 7) is 1.94. The fourth-order valence-electron chi connectivity index (χ4n) is 2.62. The van der Waals surface area contributed by atoms with Gasteiger partial charge in [0.2, 0.25) is 0 Å². The lowest BCUT2D eigenvalue weighted by molar-refractivity contribution is 0.616. The van der Waals surface area contributed by atoms with Crippen molar-refractivity contribution in [2.24, 2.45) is 0 Å². The van der Waals surface area contributed by atoms with E-state index in [1.54, 1.807) is 0 Å². The Morgan fingerprint density at radius 1 is 1.42 bits per heavy atom. The number of para-hydroxylation sites is 1. The molecule has 0 aliphatic carbocycles. The van der Waals surface area contributed by atoms with Crippen LogP contribution in [0.4, 0.5) is 5.82 Å². The first-order chi connectivity index (χ1) is 9.31. The molecule has 4 heteroatoms. The molecule has 0 saturated carbocycles. The van der Waals surface area contributed by atoms with Crippen LogP contribution < -0.4 is 10.2 Å². The predicted octanol–water partition coefficient (Wildman–Crippen LogP) is 1.90. The van der Waals surface area contributed by atoms with Gasteiger partial charge < -0.3 is 10.2 Å². The number of pyridine rings is 1. The van der Waals surface area contributed by atoms with Crippen LogP contribution in [0.25, 0.3) is 10.9 Å². The van der Waals surface area contributed by atoms with Gasteiger partial charge in [0.05, 0.1) is 17.1 Å². The fourth-order valence-corrected chi connectivity index (χ4v) is 2.62. The van der Waals surface area contributed by atoms with Crippen molar-refractivity contribution < 1.29 is 0 Å². The zero-order valence-electron chi connectivity index (χ0n) is 10.9. The highest BCUT2D eigenvalue weighted by molar-refractivity contribution is 5.86. The summed E-state index contributed by atoms with van der Waals surface area (Å²) in [6.07, 6.45) is 1.12. The van der Waals surface area contributed by atoms with E-state index < -0.39 is 0 Å². The summed E-state index contributed by atoms with van der Waals surface area (Å²) in [7, 11) is 1.99. The molecule has 1 saturated heterocycles. The highest BCUT2D eigenvalue weighted by atomic mass is 15.2. The molecule has 2 aromatic rings. The van der Waals surface area contributed by atoms with Gasteiger partial charge in [-0.1, -0.05) is 18.2 Å². The number of rotatable bonds is 2. The molecule has 1 unspecified atom stereocenters. The molecule has 0 radical (unpaired) electrons. The summed E-state index contributed by atoms with van der Waals surface area (Å²) in [4.78, 5) is 6.93. The molecule has 1 aromatic carbocycles. The molecule has 19 heavy (non-hydrogen) atoms. The molecule has 4 nitrogen and oxygen atoms in total. The van der Waals surface area contributed by atoms with Gasteiger partial charge in [0, 0.05) is 24.5 Å². The Hall–Kier alpha value is -2.12. The minimum absolute atomic E-state index is 0.513. The number of nitrogens with zero attached hydrogens (tertiary/aromatic N) is 3. The first-order valence-electron chi connectivity index (χ1n) is 6.54. The van der Waals surface area contributed by atoms with Gasteiger partial charge in [-0.05, 0) is 25.6 Å². The van der Waals surface area contributed by atoms with Crippen LogP contribution in [0.15, 0.2) is 30.3 Å². The molecule has 0 spiro atoms. The second-order valence-electron chi connectivity index (χ2n) is 4.88. The van der Waals surface area contributed by atoms with E-state index in [1.807, 2.05) is 37.4 Å². The Labute approximate surface area is 112 Å². The van der Waals surface area contributed by atoms with Crippen molar-refractivity contribution in [1.29, 1.82) is 5.26 Å². The summed E-state index contributed by atoms with van der Waals surface area (Å²) < 4.78 is 0. The Balaban J connectivity index is 2.04. The average molecular weight is 252 g/mol. The van der Waals surface area contributed by atoms with E-state index in [9.17, 15) is 5.26 Å². The molecule has 0 bridgehead atoms. The van der Waals surface area contributed by atoms with Gasteiger partial charge in [-0.15, -0.1) is 0 Å². The van der Waals surface area contributed by atoms with Crippen LogP contribution in [-0.4, -0.2) is 31.2 Å². The van der Waals surface area contributed by atoms with Crippen LogP contribution in [-0.2, 0) is 0 Å². The zero-order chi connectivity index (χ0) is 13.2. The van der Waals surface area contributed by atoms with E-state index in [0.717, 1.165) is 36.2 Å². The second-order valence-corrected chi connectivity index (χ2v) is 4.88. The number of hydrogen-bond donors (Lipinski definition) is 1. The molecule has 1 atom stereocenters. The molecule has 1 aliphatic rings. The summed E-state index contributed by atoms with van der Waals surface area (Å²) in [5.41, 5.74) is 1.60. The van der Waals surface area contributed by atoms with E-state index >= 15 is 0 Å². The molecule has 2 heterocycles. The minimum atomic E-state index is 0.513.